The van der Waals surface area contributed by atoms with Crippen LogP contribution in [0.15, 0.2) is 82.8 Å². The third-order valence-electron chi connectivity index (χ3n) is 12.0. The van der Waals surface area contributed by atoms with Crippen molar-refractivity contribution in [1.29, 1.82) is 0 Å². The number of ether oxygens (including phenoxy) is 1. The lowest BCUT2D eigenvalue weighted by Crippen LogP contribution is -2.42. The van der Waals surface area contributed by atoms with Gasteiger partial charge in [0.25, 0.3) is 5.91 Å². The van der Waals surface area contributed by atoms with Crippen molar-refractivity contribution in [3.63, 3.8) is 0 Å². The molecule has 0 unspecified atom stereocenters. The molecule has 2 saturated heterocycles. The van der Waals surface area contributed by atoms with Crippen molar-refractivity contribution in [3.05, 3.63) is 106 Å². The highest BCUT2D eigenvalue weighted by molar-refractivity contribution is 8.00. The first kappa shape index (κ1) is 53.7. The first-order valence-corrected chi connectivity index (χ1v) is 25.7. The number of azide groups is 1. The number of esters is 1. The molecule has 24 heteroatoms. The molecule has 2 fully saturated rings. The number of benzene rings is 3. The Bertz CT molecular complexity index is 2700. The fraction of sp³-hybridized carbons (Fsp3) is 0.447. The van der Waals surface area contributed by atoms with Gasteiger partial charge in [0.15, 0.2) is 5.69 Å². The van der Waals surface area contributed by atoms with E-state index in [9.17, 15) is 45.6 Å². The van der Waals surface area contributed by atoms with Crippen molar-refractivity contribution in [2.45, 2.75) is 119 Å². The SMILES string of the molecule is Cc1cc(-c2cc(C(F)(F)F)nn2-c2ccc(S(N)(=O)=O)cc2)ccc1COC(=O)[C@@H](CCCCNC(=O)CCCCCNC(=O)CCCC[C@@H]1SC[C@@H]2NC(=O)N[C@@H]21)NC(=O)c1ccc(N=[N+]=[N-])cc1. The van der Waals surface area contributed by atoms with Crippen LogP contribution in [-0.4, -0.2) is 90.1 Å². The van der Waals surface area contributed by atoms with Crippen LogP contribution in [0.4, 0.5) is 23.7 Å². The number of primary sulfonamides is 1. The van der Waals surface area contributed by atoms with Gasteiger partial charge in [-0.05, 0) is 117 Å². The van der Waals surface area contributed by atoms with Gasteiger partial charge in [-0.1, -0.05) is 42.2 Å². The number of nitrogens with two attached hydrogens (primary N) is 1. The molecule has 0 bridgehead atoms. The summed E-state index contributed by atoms with van der Waals surface area (Å²) in [4.78, 5) is 65.8. The fourth-order valence-corrected chi connectivity index (χ4v) is 10.2. The third kappa shape index (κ3) is 15.7. The number of nitrogens with zero attached hydrogens (tertiary/aromatic N) is 5. The van der Waals surface area contributed by atoms with Crippen molar-refractivity contribution >= 4 is 57.2 Å². The van der Waals surface area contributed by atoms with Gasteiger partial charge >= 0.3 is 18.2 Å². The summed E-state index contributed by atoms with van der Waals surface area (Å²) in [5, 5.41) is 27.3. The Kier molecular flexibility index (Phi) is 18.9. The van der Waals surface area contributed by atoms with Crippen LogP contribution in [0.25, 0.3) is 27.4 Å². The van der Waals surface area contributed by atoms with E-state index in [1.54, 1.807) is 19.1 Å². The quantitative estimate of drug-likeness (QED) is 0.00988. The lowest BCUT2D eigenvalue weighted by molar-refractivity contribution is -0.147. The molecule has 380 valence electrons. The number of aromatic nitrogens is 2. The number of nitrogens with one attached hydrogen (secondary N) is 5. The number of hydrogen-bond acceptors (Lipinski definition) is 11. The molecule has 3 heterocycles. The van der Waals surface area contributed by atoms with Crippen LogP contribution in [0.2, 0.25) is 0 Å². The van der Waals surface area contributed by atoms with Crippen molar-refractivity contribution in [2.75, 3.05) is 18.8 Å². The van der Waals surface area contributed by atoms with E-state index in [4.69, 9.17) is 15.4 Å². The number of rotatable bonds is 25. The zero-order valence-corrected chi connectivity index (χ0v) is 40.5. The summed E-state index contributed by atoms with van der Waals surface area (Å²) in [6, 6.07) is 15.4. The minimum Gasteiger partial charge on any atom is -0.459 e. The zero-order chi connectivity index (χ0) is 51.1. The second-order valence-corrected chi connectivity index (χ2v) is 20.1. The number of unbranched alkanes of at least 4 members (excludes halogenated alkanes) is 4. The highest BCUT2D eigenvalue weighted by atomic mass is 32.2. The number of halogens is 3. The van der Waals surface area contributed by atoms with E-state index in [2.05, 4.69) is 41.7 Å². The Balaban J connectivity index is 0.951. The monoisotopic (exact) mass is 1020 g/mol. The standard InChI is InChI=1S/C47H56F3N11O8S2/c1-29-25-31(38-26-40(47(48,49)50)59-61(38)34-19-21-35(22-20-34)71(52,67)68)13-14-32(29)27-69-45(65)36(55-44(64)30-15-17-33(18-16-30)58-60-51)9-6-8-24-54-41(62)11-3-2-7-23-53-42(63)12-5-4-10-39-43-37(28-70-39)56-46(66)57-43/h13-22,25-26,36-37,39,43H,2-12,23-24,27-28H2,1H3,(H,53,63)(H,54,62)(H,55,64)(H2,52,67,68)(H2,56,57,66)/t36-,37+,39+,43+/m1/s1. The molecule has 0 spiro atoms. The lowest BCUT2D eigenvalue weighted by atomic mass is 10.0. The molecule has 4 atom stereocenters. The normalized spacial score (nSPS) is 16.7. The summed E-state index contributed by atoms with van der Waals surface area (Å²) >= 11 is 1.86. The molecule has 2 aliphatic heterocycles. The van der Waals surface area contributed by atoms with Gasteiger partial charge in [-0.25, -0.2) is 27.8 Å². The summed E-state index contributed by atoms with van der Waals surface area (Å²) in [5.41, 5.74) is 9.62. The number of aryl methyl sites for hydroxylation is 1. The van der Waals surface area contributed by atoms with Crippen LogP contribution < -0.4 is 31.7 Å². The minimum absolute atomic E-state index is 0.00205. The average molecular weight is 1020 g/mol. The zero-order valence-electron chi connectivity index (χ0n) is 38.9. The van der Waals surface area contributed by atoms with Crippen molar-refractivity contribution in [2.24, 2.45) is 10.3 Å². The van der Waals surface area contributed by atoms with Gasteiger partial charge < -0.3 is 31.3 Å². The second kappa shape index (κ2) is 25.0. The fourth-order valence-electron chi connectivity index (χ4n) is 8.15. The Labute approximate surface area is 412 Å². The van der Waals surface area contributed by atoms with Gasteiger partial charge in [0.2, 0.25) is 21.8 Å². The second-order valence-electron chi connectivity index (χ2n) is 17.2. The van der Waals surface area contributed by atoms with Crippen molar-refractivity contribution < 1.29 is 50.3 Å². The van der Waals surface area contributed by atoms with Crippen LogP contribution in [0.3, 0.4) is 0 Å². The maximum atomic E-state index is 13.9. The van der Waals surface area contributed by atoms with Crippen LogP contribution in [0, 0.1) is 6.92 Å². The van der Waals surface area contributed by atoms with Crippen molar-refractivity contribution in [3.8, 4) is 16.9 Å². The van der Waals surface area contributed by atoms with E-state index in [-0.39, 0.29) is 70.5 Å². The van der Waals surface area contributed by atoms with Gasteiger partial charge in [0, 0.05) is 58.7 Å². The molecule has 0 radical (unpaired) electrons. The van der Waals surface area contributed by atoms with E-state index in [0.717, 1.165) is 60.7 Å². The number of alkyl halides is 3. The molecular weight excluding hydrogens is 968 g/mol. The maximum absolute atomic E-state index is 13.9. The highest BCUT2D eigenvalue weighted by Crippen LogP contribution is 2.35. The summed E-state index contributed by atoms with van der Waals surface area (Å²) in [5.74, 6) is -0.562. The largest absolute Gasteiger partial charge is 0.459 e. The van der Waals surface area contributed by atoms with Gasteiger partial charge in [-0.2, -0.15) is 30.0 Å². The molecule has 7 N–H and O–H groups in total. The van der Waals surface area contributed by atoms with Crippen molar-refractivity contribution in [1.82, 2.24) is 36.4 Å². The molecule has 6 rings (SSSR count). The Hall–Kier alpha value is -6.62. The first-order valence-electron chi connectivity index (χ1n) is 23.1. The van der Waals surface area contributed by atoms with Crippen LogP contribution in [0.5, 0.6) is 0 Å². The number of thioether (sulfide) groups is 1. The minimum atomic E-state index is -4.79. The number of fused-ring (bicyclic) bond motifs is 1. The number of carbonyl (C=O) groups is 5. The highest BCUT2D eigenvalue weighted by Gasteiger charge is 2.42. The molecule has 0 aliphatic carbocycles. The molecule has 4 aromatic rings. The first-order chi connectivity index (χ1) is 33.9. The van der Waals surface area contributed by atoms with Gasteiger partial charge in [-0.3, -0.25) is 14.4 Å². The van der Waals surface area contributed by atoms with Crippen LogP contribution in [-0.2, 0) is 41.9 Å². The molecular formula is C47H56F3N11O8S2. The summed E-state index contributed by atoms with van der Waals surface area (Å²) in [6.45, 7) is 2.29. The molecule has 1 aromatic heterocycles. The number of hydrogen-bond donors (Lipinski definition) is 6. The van der Waals surface area contributed by atoms with Crippen LogP contribution in [0.1, 0.15) is 97.8 Å². The Morgan fingerprint density at radius 2 is 1.61 bits per heavy atom. The Morgan fingerprint density at radius 1 is 0.930 bits per heavy atom. The number of urea groups is 1. The van der Waals surface area contributed by atoms with E-state index < -0.39 is 39.8 Å². The van der Waals surface area contributed by atoms with Crippen LogP contribution >= 0.6 is 11.8 Å². The molecule has 2 aliphatic rings. The summed E-state index contributed by atoms with van der Waals surface area (Å²) in [6.07, 6.45) is 1.80. The Morgan fingerprint density at radius 3 is 2.25 bits per heavy atom. The topological polar surface area (TPSA) is 281 Å². The van der Waals surface area contributed by atoms with E-state index in [0.29, 0.717) is 67.1 Å². The number of sulfonamides is 1. The summed E-state index contributed by atoms with van der Waals surface area (Å²) in [7, 11) is -4.06. The molecule has 3 aromatic carbocycles. The van der Waals surface area contributed by atoms with E-state index >= 15 is 0 Å². The predicted molar refractivity (Wildman–Crippen MR) is 259 cm³/mol. The maximum Gasteiger partial charge on any atom is 0.435 e. The number of carbonyl (C=O) groups excluding carboxylic acids is 5. The van der Waals surface area contributed by atoms with E-state index in [1.807, 2.05) is 11.8 Å². The van der Waals surface area contributed by atoms with Gasteiger partial charge in [-0.15, -0.1) is 0 Å². The molecule has 5 amide bonds. The predicted octanol–water partition coefficient (Wildman–Crippen LogP) is 6.99. The number of amides is 5. The molecule has 71 heavy (non-hydrogen) atoms. The van der Waals surface area contributed by atoms with E-state index in [1.165, 1.54) is 42.5 Å². The molecule has 0 saturated carbocycles. The smallest absolute Gasteiger partial charge is 0.435 e. The average Bonchev–Trinajstić information content (AvgIpc) is 4.06. The molecule has 19 nitrogen and oxygen atoms in total. The summed E-state index contributed by atoms with van der Waals surface area (Å²) < 4.78 is 71.8. The van der Waals surface area contributed by atoms with Gasteiger partial charge in [0.1, 0.15) is 12.6 Å². The lowest BCUT2D eigenvalue weighted by Gasteiger charge is -2.19. The third-order valence-corrected chi connectivity index (χ3v) is 14.5. The van der Waals surface area contributed by atoms with Gasteiger partial charge in [0.05, 0.1) is 28.4 Å².